The van der Waals surface area contributed by atoms with Crippen molar-refractivity contribution >= 4 is 11.0 Å². The zero-order valence-corrected chi connectivity index (χ0v) is 10.1. The van der Waals surface area contributed by atoms with Gasteiger partial charge in [0.25, 0.3) is 0 Å². The molecule has 2 N–H and O–H groups in total. The number of aromatic nitrogens is 3. The van der Waals surface area contributed by atoms with Crippen molar-refractivity contribution in [3.8, 4) is 0 Å². The van der Waals surface area contributed by atoms with E-state index in [1.165, 1.54) is 0 Å². The van der Waals surface area contributed by atoms with Gasteiger partial charge < -0.3 is 10.3 Å². The van der Waals surface area contributed by atoms with Gasteiger partial charge in [0.1, 0.15) is 12.0 Å². The zero-order chi connectivity index (χ0) is 11.7. The van der Waals surface area contributed by atoms with E-state index in [1.807, 2.05) is 17.8 Å². The molecule has 0 aliphatic carbocycles. The predicted molar refractivity (Wildman–Crippen MR) is 64.9 cm³/mol. The van der Waals surface area contributed by atoms with Gasteiger partial charge in [-0.2, -0.15) is 0 Å². The van der Waals surface area contributed by atoms with Gasteiger partial charge >= 0.3 is 0 Å². The summed E-state index contributed by atoms with van der Waals surface area (Å²) in [5, 5.41) is 1.14. The van der Waals surface area contributed by atoms with E-state index in [0.29, 0.717) is 12.5 Å². The summed E-state index contributed by atoms with van der Waals surface area (Å²) < 4.78 is 2.02. The van der Waals surface area contributed by atoms with Crippen molar-refractivity contribution < 1.29 is 0 Å². The summed E-state index contributed by atoms with van der Waals surface area (Å²) in [6, 6.07) is 0. The molecule has 4 heteroatoms. The summed E-state index contributed by atoms with van der Waals surface area (Å²) >= 11 is 0. The zero-order valence-electron chi connectivity index (χ0n) is 10.1. The third kappa shape index (κ3) is 1.80. The molecule has 0 unspecified atom stereocenters. The number of nitrogens with two attached hydrogens (primary N) is 1. The van der Waals surface area contributed by atoms with Crippen LogP contribution < -0.4 is 5.73 Å². The molecule has 0 saturated heterocycles. The summed E-state index contributed by atoms with van der Waals surface area (Å²) in [4.78, 5) is 8.70. The van der Waals surface area contributed by atoms with E-state index in [9.17, 15) is 0 Å². The summed E-state index contributed by atoms with van der Waals surface area (Å²) in [6.07, 6.45) is 4.65. The highest BCUT2D eigenvalue weighted by Gasteiger charge is 2.12. The fourth-order valence-corrected chi connectivity index (χ4v) is 2.06. The maximum atomic E-state index is 5.76. The molecule has 86 valence electrons. The van der Waals surface area contributed by atoms with Gasteiger partial charge in [0.2, 0.25) is 0 Å². The molecule has 0 aromatic carbocycles. The molecule has 16 heavy (non-hydrogen) atoms. The first-order valence-corrected chi connectivity index (χ1v) is 5.61. The van der Waals surface area contributed by atoms with Crippen molar-refractivity contribution in [3.05, 3.63) is 23.8 Å². The first-order valence-electron chi connectivity index (χ1n) is 5.61. The minimum absolute atomic E-state index is 0.538. The molecule has 0 atom stereocenters. The van der Waals surface area contributed by atoms with Crippen LogP contribution in [0, 0.1) is 5.92 Å². The van der Waals surface area contributed by atoms with E-state index in [4.69, 9.17) is 5.73 Å². The van der Waals surface area contributed by atoms with Gasteiger partial charge in [-0.3, -0.25) is 0 Å². The van der Waals surface area contributed by atoms with Crippen molar-refractivity contribution in [1.29, 1.82) is 0 Å². The second-order valence-corrected chi connectivity index (χ2v) is 4.59. The summed E-state index contributed by atoms with van der Waals surface area (Å²) in [5.74, 6) is 0.587. The first kappa shape index (κ1) is 11.1. The highest BCUT2D eigenvalue weighted by molar-refractivity contribution is 5.82. The average molecular weight is 218 g/mol. The van der Waals surface area contributed by atoms with Crippen molar-refractivity contribution in [1.82, 2.24) is 14.5 Å². The lowest BCUT2D eigenvalue weighted by molar-refractivity contribution is 0.637. The Morgan fingerprint density at radius 1 is 1.38 bits per heavy atom. The molecule has 2 aromatic heterocycles. The fourth-order valence-electron chi connectivity index (χ4n) is 2.06. The van der Waals surface area contributed by atoms with Crippen LogP contribution >= 0.6 is 0 Å². The topological polar surface area (TPSA) is 56.7 Å². The maximum Gasteiger partial charge on any atom is 0.143 e. The second-order valence-electron chi connectivity index (χ2n) is 4.59. The van der Waals surface area contributed by atoms with Crippen molar-refractivity contribution in [2.75, 3.05) is 0 Å². The normalized spacial score (nSPS) is 11.6. The van der Waals surface area contributed by atoms with Crippen LogP contribution in [0.25, 0.3) is 11.0 Å². The number of fused-ring (bicyclic) bond motifs is 1. The van der Waals surface area contributed by atoms with E-state index in [1.54, 1.807) is 6.33 Å². The molecule has 2 heterocycles. The average Bonchev–Trinajstić information content (AvgIpc) is 2.56. The largest absolute Gasteiger partial charge is 0.335 e. The van der Waals surface area contributed by atoms with Gasteiger partial charge in [0.05, 0.1) is 5.69 Å². The number of hydrogen-bond donors (Lipinski definition) is 1. The molecule has 0 spiro atoms. The number of rotatable bonds is 3. The Hall–Kier alpha value is -1.42. The molecule has 0 aliphatic rings. The molecule has 0 fully saturated rings. The van der Waals surface area contributed by atoms with Gasteiger partial charge in [0, 0.05) is 25.2 Å². The molecular weight excluding hydrogens is 200 g/mol. The third-order valence-corrected chi connectivity index (χ3v) is 2.73. The molecule has 0 saturated carbocycles. The van der Waals surface area contributed by atoms with E-state index in [2.05, 4.69) is 23.8 Å². The molecule has 0 radical (unpaired) electrons. The van der Waals surface area contributed by atoms with E-state index in [-0.39, 0.29) is 0 Å². The Morgan fingerprint density at radius 2 is 2.12 bits per heavy atom. The van der Waals surface area contributed by atoms with Crippen LogP contribution in [0.2, 0.25) is 0 Å². The minimum atomic E-state index is 0.538. The Kier molecular flexibility index (Phi) is 2.92. The van der Waals surface area contributed by atoms with Crippen molar-refractivity contribution in [2.45, 2.75) is 26.8 Å². The Labute approximate surface area is 95.5 Å². The lowest BCUT2D eigenvalue weighted by Gasteiger charge is -2.06. The SMILES string of the molecule is CC(C)Cc1ncnc2c1c(CN)cn2C. The van der Waals surface area contributed by atoms with Crippen molar-refractivity contribution in [3.63, 3.8) is 0 Å². The van der Waals surface area contributed by atoms with Gasteiger partial charge in [-0.25, -0.2) is 9.97 Å². The summed E-state index contributed by atoms with van der Waals surface area (Å²) in [7, 11) is 1.99. The first-order chi connectivity index (χ1) is 7.63. The predicted octanol–water partition coefficient (Wildman–Crippen LogP) is 1.63. The Balaban J connectivity index is 2.64. The molecule has 2 aromatic rings. The third-order valence-electron chi connectivity index (χ3n) is 2.73. The Bertz CT molecular complexity index is 499. The Morgan fingerprint density at radius 3 is 2.75 bits per heavy atom. The van der Waals surface area contributed by atoms with Gasteiger partial charge in [-0.15, -0.1) is 0 Å². The smallest absolute Gasteiger partial charge is 0.143 e. The van der Waals surface area contributed by atoms with Gasteiger partial charge in [0.15, 0.2) is 0 Å². The van der Waals surface area contributed by atoms with Crippen LogP contribution in [0.3, 0.4) is 0 Å². The summed E-state index contributed by atoms with van der Waals surface area (Å²) in [6.45, 7) is 4.92. The van der Waals surface area contributed by atoms with E-state index in [0.717, 1.165) is 28.7 Å². The highest BCUT2D eigenvalue weighted by Crippen LogP contribution is 2.22. The number of hydrogen-bond acceptors (Lipinski definition) is 3. The molecule has 2 rings (SSSR count). The lowest BCUT2D eigenvalue weighted by atomic mass is 10.0. The van der Waals surface area contributed by atoms with Crippen LogP contribution in [0.4, 0.5) is 0 Å². The van der Waals surface area contributed by atoms with Crippen LogP contribution in [0.15, 0.2) is 12.5 Å². The van der Waals surface area contributed by atoms with E-state index >= 15 is 0 Å². The summed E-state index contributed by atoms with van der Waals surface area (Å²) in [5.41, 5.74) is 8.98. The molecule has 0 aliphatic heterocycles. The molecule has 4 nitrogen and oxygen atoms in total. The van der Waals surface area contributed by atoms with Crippen LogP contribution in [-0.2, 0) is 20.0 Å². The molecule has 0 amide bonds. The molecular formula is C12H18N4. The monoisotopic (exact) mass is 218 g/mol. The molecule has 0 bridgehead atoms. The number of nitrogens with zero attached hydrogens (tertiary/aromatic N) is 3. The second kappa shape index (κ2) is 4.22. The number of aryl methyl sites for hydroxylation is 1. The maximum absolute atomic E-state index is 5.76. The standard InChI is InChI=1S/C12H18N4/c1-8(2)4-10-11-9(5-13)6-16(3)12(11)15-7-14-10/h6-8H,4-5,13H2,1-3H3. The van der Waals surface area contributed by atoms with Crippen molar-refractivity contribution in [2.24, 2.45) is 18.7 Å². The van der Waals surface area contributed by atoms with E-state index < -0.39 is 0 Å². The lowest BCUT2D eigenvalue weighted by Crippen LogP contribution is -2.02. The van der Waals surface area contributed by atoms with Gasteiger partial charge in [-0.05, 0) is 17.9 Å². The minimum Gasteiger partial charge on any atom is -0.335 e. The highest BCUT2D eigenvalue weighted by atomic mass is 15.0. The van der Waals surface area contributed by atoms with Crippen LogP contribution in [0.1, 0.15) is 25.1 Å². The van der Waals surface area contributed by atoms with Crippen LogP contribution in [-0.4, -0.2) is 14.5 Å². The fraction of sp³-hybridized carbons (Fsp3) is 0.500. The van der Waals surface area contributed by atoms with Crippen LogP contribution in [0.5, 0.6) is 0 Å². The van der Waals surface area contributed by atoms with Gasteiger partial charge in [-0.1, -0.05) is 13.8 Å². The quantitative estimate of drug-likeness (QED) is 0.851.